The lowest BCUT2D eigenvalue weighted by Gasteiger charge is -2.09. The maximum atomic E-state index is 12.9. The molecular weight excluding hydrogens is 278 g/mol. The van der Waals surface area contributed by atoms with Crippen molar-refractivity contribution in [1.29, 1.82) is 0 Å². The number of hydrogen-bond acceptors (Lipinski definition) is 4. The second-order valence-corrected chi connectivity index (χ2v) is 5.35. The lowest BCUT2D eigenvalue weighted by Crippen LogP contribution is -2.20. The number of benzene rings is 1. The van der Waals surface area contributed by atoms with Crippen molar-refractivity contribution in [2.24, 2.45) is 0 Å². The van der Waals surface area contributed by atoms with Crippen LogP contribution < -0.4 is 5.73 Å². The van der Waals surface area contributed by atoms with E-state index in [9.17, 15) is 26.0 Å². The Balaban J connectivity index is 2.80. The van der Waals surface area contributed by atoms with E-state index in [0.717, 1.165) is 12.1 Å². The highest BCUT2D eigenvalue weighted by molar-refractivity contribution is 7.91. The van der Waals surface area contributed by atoms with E-state index >= 15 is 0 Å². The van der Waals surface area contributed by atoms with Gasteiger partial charge in [-0.3, -0.25) is 0 Å². The number of sulfone groups is 1. The topological polar surface area (TPSA) is 69.4 Å². The largest absolute Gasteiger partial charge is 0.411 e. The van der Waals surface area contributed by atoms with Crippen molar-refractivity contribution in [2.45, 2.75) is 11.1 Å². The SMILES string of the molecule is Nc1cc(F)cc(S(=O)(=O)COCC(F)(F)F)c1. The average molecular weight is 287 g/mol. The molecule has 1 aromatic carbocycles. The Morgan fingerprint density at radius 2 is 1.83 bits per heavy atom. The Morgan fingerprint density at radius 3 is 2.33 bits per heavy atom. The van der Waals surface area contributed by atoms with Crippen LogP contribution in [0.15, 0.2) is 23.1 Å². The summed E-state index contributed by atoms with van der Waals surface area (Å²) in [6, 6.07) is 2.48. The number of rotatable bonds is 4. The minimum atomic E-state index is -4.63. The number of anilines is 1. The molecule has 0 spiro atoms. The Morgan fingerprint density at radius 1 is 1.22 bits per heavy atom. The van der Waals surface area contributed by atoms with Crippen molar-refractivity contribution >= 4 is 15.5 Å². The average Bonchev–Trinajstić information content (AvgIpc) is 2.13. The minimum absolute atomic E-state index is 0.149. The molecule has 0 aliphatic heterocycles. The molecule has 0 amide bonds. The second kappa shape index (κ2) is 5.11. The van der Waals surface area contributed by atoms with Gasteiger partial charge in [0, 0.05) is 5.69 Å². The van der Waals surface area contributed by atoms with Crippen molar-refractivity contribution in [3.05, 3.63) is 24.0 Å². The fourth-order valence-corrected chi connectivity index (χ4v) is 2.15. The molecule has 2 N–H and O–H groups in total. The molecule has 0 heterocycles. The molecule has 0 radical (unpaired) electrons. The number of hydrogen-bond donors (Lipinski definition) is 1. The summed E-state index contributed by atoms with van der Waals surface area (Å²) in [4.78, 5) is -0.526. The molecule has 0 fully saturated rings. The fraction of sp³-hybridized carbons (Fsp3) is 0.333. The van der Waals surface area contributed by atoms with E-state index in [2.05, 4.69) is 4.74 Å². The molecule has 9 heteroatoms. The lowest BCUT2D eigenvalue weighted by molar-refractivity contribution is -0.169. The Labute approximate surface area is 100 Å². The van der Waals surface area contributed by atoms with Gasteiger partial charge >= 0.3 is 6.18 Å². The standard InChI is InChI=1S/C9H9F4NO3S/c10-6-1-7(14)3-8(2-6)18(15,16)5-17-4-9(11,12)13/h1-3H,4-5,14H2. The Hall–Kier alpha value is -1.35. The van der Waals surface area contributed by atoms with Crippen LogP contribution in [0.4, 0.5) is 23.2 Å². The first kappa shape index (κ1) is 14.7. The van der Waals surface area contributed by atoms with Crippen LogP contribution in [0.5, 0.6) is 0 Å². The molecule has 0 saturated heterocycles. The Kier molecular flexibility index (Phi) is 4.17. The summed E-state index contributed by atoms with van der Waals surface area (Å²) < 4.78 is 75.2. The van der Waals surface area contributed by atoms with Gasteiger partial charge in [-0.25, -0.2) is 12.8 Å². The zero-order valence-electron chi connectivity index (χ0n) is 8.87. The summed E-state index contributed by atoms with van der Waals surface area (Å²) >= 11 is 0. The van der Waals surface area contributed by atoms with E-state index in [-0.39, 0.29) is 5.69 Å². The molecular formula is C9H9F4NO3S. The number of nitrogens with two attached hydrogens (primary N) is 1. The second-order valence-electron chi connectivity index (χ2n) is 3.42. The molecule has 1 rings (SSSR count). The van der Waals surface area contributed by atoms with Gasteiger partial charge in [-0.05, 0) is 18.2 Å². The van der Waals surface area contributed by atoms with Gasteiger partial charge in [0.2, 0.25) is 9.84 Å². The number of halogens is 4. The van der Waals surface area contributed by atoms with Crippen molar-refractivity contribution in [3.63, 3.8) is 0 Å². The van der Waals surface area contributed by atoms with Gasteiger partial charge in [0.15, 0.2) is 5.94 Å². The van der Waals surface area contributed by atoms with Crippen LogP contribution in [-0.4, -0.2) is 27.1 Å². The van der Waals surface area contributed by atoms with Gasteiger partial charge < -0.3 is 10.5 Å². The van der Waals surface area contributed by atoms with Crippen molar-refractivity contribution < 1.29 is 30.7 Å². The van der Waals surface area contributed by atoms with Crippen LogP contribution in [-0.2, 0) is 14.6 Å². The van der Waals surface area contributed by atoms with Crippen LogP contribution >= 0.6 is 0 Å². The van der Waals surface area contributed by atoms with E-state index < -0.39 is 39.3 Å². The maximum Gasteiger partial charge on any atom is 0.411 e. The van der Waals surface area contributed by atoms with Gasteiger partial charge in [0.25, 0.3) is 0 Å². The first-order valence-corrected chi connectivity index (χ1v) is 6.19. The quantitative estimate of drug-likeness (QED) is 0.676. The number of alkyl halides is 3. The van der Waals surface area contributed by atoms with Crippen LogP contribution in [0.2, 0.25) is 0 Å². The summed E-state index contributed by atoms with van der Waals surface area (Å²) in [5.41, 5.74) is 5.08. The van der Waals surface area contributed by atoms with Gasteiger partial charge in [0.05, 0.1) is 4.90 Å². The van der Waals surface area contributed by atoms with Gasteiger partial charge in [-0.15, -0.1) is 0 Å². The van der Waals surface area contributed by atoms with E-state index in [0.29, 0.717) is 6.07 Å². The van der Waals surface area contributed by atoms with E-state index in [1.54, 1.807) is 0 Å². The predicted octanol–water partition coefficient (Wildman–Crippen LogP) is 1.72. The molecule has 4 nitrogen and oxygen atoms in total. The molecule has 0 aromatic heterocycles. The molecule has 0 saturated carbocycles. The van der Waals surface area contributed by atoms with E-state index in [4.69, 9.17) is 5.73 Å². The summed E-state index contributed by atoms with van der Waals surface area (Å²) in [5, 5.41) is 0. The smallest absolute Gasteiger partial charge is 0.399 e. The molecule has 0 atom stereocenters. The first-order chi connectivity index (χ1) is 8.10. The summed E-state index contributed by atoms with van der Waals surface area (Å²) in [7, 11) is -4.17. The normalized spacial score (nSPS) is 12.7. The van der Waals surface area contributed by atoms with Gasteiger partial charge in [-0.2, -0.15) is 13.2 Å². The molecule has 0 aliphatic carbocycles. The first-order valence-electron chi connectivity index (χ1n) is 4.53. The fourth-order valence-electron chi connectivity index (χ4n) is 1.10. The Bertz CT molecular complexity index is 507. The summed E-state index contributed by atoms with van der Waals surface area (Å²) in [5.74, 6) is -2.10. The zero-order valence-corrected chi connectivity index (χ0v) is 9.68. The van der Waals surface area contributed by atoms with Crippen molar-refractivity contribution in [1.82, 2.24) is 0 Å². The van der Waals surface area contributed by atoms with E-state index in [1.807, 2.05) is 0 Å². The predicted molar refractivity (Wildman–Crippen MR) is 54.9 cm³/mol. The third-order valence-corrected chi connectivity index (χ3v) is 3.19. The van der Waals surface area contributed by atoms with Crippen LogP contribution in [0.3, 0.4) is 0 Å². The molecule has 0 aliphatic rings. The van der Waals surface area contributed by atoms with Crippen molar-refractivity contribution in [3.8, 4) is 0 Å². The molecule has 18 heavy (non-hydrogen) atoms. The minimum Gasteiger partial charge on any atom is -0.399 e. The summed E-state index contributed by atoms with van der Waals surface area (Å²) in [6.07, 6.45) is -4.63. The lowest BCUT2D eigenvalue weighted by atomic mass is 10.3. The van der Waals surface area contributed by atoms with Crippen LogP contribution in [0.1, 0.15) is 0 Å². The van der Waals surface area contributed by atoms with Crippen LogP contribution in [0.25, 0.3) is 0 Å². The maximum absolute atomic E-state index is 12.9. The molecule has 0 bridgehead atoms. The third kappa shape index (κ3) is 4.49. The highest BCUT2D eigenvalue weighted by Crippen LogP contribution is 2.19. The van der Waals surface area contributed by atoms with E-state index in [1.165, 1.54) is 0 Å². The summed E-state index contributed by atoms with van der Waals surface area (Å²) in [6.45, 7) is -1.70. The van der Waals surface area contributed by atoms with Gasteiger partial charge in [-0.1, -0.05) is 0 Å². The molecule has 0 unspecified atom stereocenters. The number of nitrogen functional groups attached to an aromatic ring is 1. The monoisotopic (exact) mass is 287 g/mol. The van der Waals surface area contributed by atoms with Gasteiger partial charge in [0.1, 0.15) is 12.4 Å². The van der Waals surface area contributed by atoms with Crippen molar-refractivity contribution in [2.75, 3.05) is 18.3 Å². The molecule has 102 valence electrons. The molecule has 1 aromatic rings. The highest BCUT2D eigenvalue weighted by atomic mass is 32.2. The zero-order chi connectivity index (χ0) is 14.0. The highest BCUT2D eigenvalue weighted by Gasteiger charge is 2.29. The third-order valence-electron chi connectivity index (χ3n) is 1.76. The van der Waals surface area contributed by atoms with Crippen LogP contribution in [0, 0.1) is 5.82 Å². The number of ether oxygens (including phenoxy) is 1.